The molecule has 6 heteroatoms. The van der Waals surface area contributed by atoms with Crippen LogP contribution in [0.1, 0.15) is 5.56 Å². The molecule has 0 saturated carbocycles. The van der Waals surface area contributed by atoms with Crippen molar-refractivity contribution in [2.45, 2.75) is 6.54 Å². The zero-order chi connectivity index (χ0) is 14.7. The summed E-state index contributed by atoms with van der Waals surface area (Å²) in [6.45, 7) is 0.430. The van der Waals surface area contributed by atoms with Crippen LogP contribution in [0.3, 0.4) is 0 Å². The number of anilines is 1. The minimum atomic E-state index is 0.114. The summed E-state index contributed by atoms with van der Waals surface area (Å²) in [5.41, 5.74) is 1.53. The Morgan fingerprint density at radius 3 is 2.60 bits per heavy atom. The predicted octanol–water partition coefficient (Wildman–Crippen LogP) is 5.08. The first-order valence-electron chi connectivity index (χ1n) is 5.75. The third-order valence-corrected chi connectivity index (χ3v) is 3.94. The van der Waals surface area contributed by atoms with Crippen LogP contribution in [0, 0.1) is 0 Å². The lowest BCUT2D eigenvalue weighted by atomic mass is 10.2. The molecular formula is C14H12BrCl2NO2. The van der Waals surface area contributed by atoms with Crippen LogP contribution in [0.15, 0.2) is 34.8 Å². The van der Waals surface area contributed by atoms with Gasteiger partial charge in [0.1, 0.15) is 0 Å². The number of benzene rings is 2. The average Bonchev–Trinajstić information content (AvgIpc) is 2.43. The van der Waals surface area contributed by atoms with Gasteiger partial charge in [-0.15, -0.1) is 0 Å². The minimum Gasteiger partial charge on any atom is -0.504 e. The number of ether oxygens (including phenoxy) is 1. The SMILES string of the molecule is COc1cc(Br)cc(CNc2ccc(Cl)c(Cl)c2)c1O. The zero-order valence-corrected chi connectivity index (χ0v) is 13.7. The van der Waals surface area contributed by atoms with Crippen LogP contribution in [0.4, 0.5) is 5.69 Å². The molecule has 0 aliphatic rings. The lowest BCUT2D eigenvalue weighted by Crippen LogP contribution is -2.00. The fourth-order valence-electron chi connectivity index (χ4n) is 1.72. The number of aromatic hydroxyl groups is 1. The summed E-state index contributed by atoms with van der Waals surface area (Å²) in [7, 11) is 1.51. The Morgan fingerprint density at radius 2 is 1.95 bits per heavy atom. The third kappa shape index (κ3) is 3.51. The Hall–Kier alpha value is -1.10. The van der Waals surface area contributed by atoms with Crippen molar-refractivity contribution in [1.29, 1.82) is 0 Å². The summed E-state index contributed by atoms with van der Waals surface area (Å²) < 4.78 is 5.94. The van der Waals surface area contributed by atoms with Crippen molar-refractivity contribution < 1.29 is 9.84 Å². The molecule has 3 nitrogen and oxygen atoms in total. The first kappa shape index (κ1) is 15.3. The quantitative estimate of drug-likeness (QED) is 0.781. The number of phenols is 1. The molecule has 0 aliphatic carbocycles. The van der Waals surface area contributed by atoms with E-state index >= 15 is 0 Å². The van der Waals surface area contributed by atoms with Crippen LogP contribution in [0.2, 0.25) is 10.0 Å². The monoisotopic (exact) mass is 375 g/mol. The van der Waals surface area contributed by atoms with Gasteiger partial charge in [0.05, 0.1) is 17.2 Å². The highest BCUT2D eigenvalue weighted by Gasteiger charge is 2.10. The molecular weight excluding hydrogens is 365 g/mol. The normalized spacial score (nSPS) is 10.4. The Balaban J connectivity index is 2.18. The Bertz CT molecular complexity index is 635. The second-order valence-corrected chi connectivity index (χ2v) is 5.83. The fourth-order valence-corrected chi connectivity index (χ4v) is 2.50. The van der Waals surface area contributed by atoms with Gasteiger partial charge in [-0.1, -0.05) is 39.1 Å². The Morgan fingerprint density at radius 1 is 1.20 bits per heavy atom. The fraction of sp³-hybridized carbons (Fsp3) is 0.143. The molecule has 0 heterocycles. The smallest absolute Gasteiger partial charge is 0.162 e. The highest BCUT2D eigenvalue weighted by Crippen LogP contribution is 2.34. The van der Waals surface area contributed by atoms with Gasteiger partial charge in [0.15, 0.2) is 11.5 Å². The first-order valence-corrected chi connectivity index (χ1v) is 7.30. The number of hydrogen-bond donors (Lipinski definition) is 2. The summed E-state index contributed by atoms with van der Waals surface area (Å²) in [6, 6.07) is 8.80. The van der Waals surface area contributed by atoms with Crippen molar-refractivity contribution in [2.24, 2.45) is 0 Å². The summed E-state index contributed by atoms with van der Waals surface area (Å²) in [6.07, 6.45) is 0. The molecule has 0 aromatic heterocycles. The molecule has 0 bridgehead atoms. The third-order valence-electron chi connectivity index (χ3n) is 2.74. The van der Waals surface area contributed by atoms with Gasteiger partial charge in [-0.3, -0.25) is 0 Å². The van der Waals surface area contributed by atoms with Crippen molar-refractivity contribution in [3.05, 3.63) is 50.4 Å². The highest BCUT2D eigenvalue weighted by atomic mass is 79.9. The molecule has 2 N–H and O–H groups in total. The molecule has 20 heavy (non-hydrogen) atoms. The van der Waals surface area contributed by atoms with Gasteiger partial charge in [-0.2, -0.15) is 0 Å². The molecule has 0 atom stereocenters. The molecule has 0 amide bonds. The van der Waals surface area contributed by atoms with E-state index in [9.17, 15) is 5.11 Å². The van der Waals surface area contributed by atoms with Gasteiger partial charge in [0.2, 0.25) is 0 Å². The topological polar surface area (TPSA) is 41.5 Å². The van der Waals surface area contributed by atoms with Gasteiger partial charge in [0.25, 0.3) is 0 Å². The van der Waals surface area contributed by atoms with E-state index in [2.05, 4.69) is 21.2 Å². The van der Waals surface area contributed by atoms with Crippen molar-refractivity contribution >= 4 is 44.8 Å². The standard InChI is InChI=1S/C14H12BrCl2NO2/c1-20-13-5-9(15)4-8(14(13)19)7-18-10-2-3-11(16)12(17)6-10/h2-6,18-19H,7H2,1H3. The summed E-state index contributed by atoms with van der Waals surface area (Å²) in [4.78, 5) is 0. The molecule has 0 fully saturated rings. The molecule has 0 aliphatic heterocycles. The van der Waals surface area contributed by atoms with Crippen LogP contribution in [0.5, 0.6) is 11.5 Å². The van der Waals surface area contributed by atoms with Crippen LogP contribution >= 0.6 is 39.1 Å². The van der Waals surface area contributed by atoms with Gasteiger partial charge in [-0.05, 0) is 30.3 Å². The van der Waals surface area contributed by atoms with E-state index < -0.39 is 0 Å². The van der Waals surface area contributed by atoms with Crippen LogP contribution in [-0.4, -0.2) is 12.2 Å². The predicted molar refractivity (Wildman–Crippen MR) is 86.1 cm³/mol. The van der Waals surface area contributed by atoms with Crippen LogP contribution in [-0.2, 0) is 6.54 Å². The van der Waals surface area contributed by atoms with E-state index in [4.69, 9.17) is 27.9 Å². The van der Waals surface area contributed by atoms with E-state index in [1.54, 1.807) is 18.2 Å². The summed E-state index contributed by atoms with van der Waals surface area (Å²) in [5.74, 6) is 0.536. The molecule has 2 rings (SSSR count). The van der Waals surface area contributed by atoms with Crippen molar-refractivity contribution in [2.75, 3.05) is 12.4 Å². The number of nitrogens with one attached hydrogen (secondary N) is 1. The molecule has 0 radical (unpaired) electrons. The number of hydrogen-bond acceptors (Lipinski definition) is 3. The van der Waals surface area contributed by atoms with Crippen molar-refractivity contribution in [3.8, 4) is 11.5 Å². The van der Waals surface area contributed by atoms with Gasteiger partial charge >= 0.3 is 0 Å². The molecule has 0 saturated heterocycles. The van der Waals surface area contributed by atoms with E-state index in [-0.39, 0.29) is 5.75 Å². The van der Waals surface area contributed by atoms with Gasteiger partial charge < -0.3 is 15.2 Å². The summed E-state index contributed by atoms with van der Waals surface area (Å²) in [5, 5.41) is 14.2. The maximum atomic E-state index is 10.1. The number of rotatable bonds is 4. The zero-order valence-electron chi connectivity index (χ0n) is 10.6. The van der Waals surface area contributed by atoms with Crippen molar-refractivity contribution in [3.63, 3.8) is 0 Å². The Labute approximate surface area is 135 Å². The summed E-state index contributed by atoms with van der Waals surface area (Å²) >= 11 is 15.2. The lowest BCUT2D eigenvalue weighted by Gasteiger charge is -2.12. The van der Waals surface area contributed by atoms with E-state index in [1.807, 2.05) is 12.1 Å². The van der Waals surface area contributed by atoms with Gasteiger partial charge in [0, 0.05) is 22.3 Å². The second-order valence-electron chi connectivity index (χ2n) is 4.10. The van der Waals surface area contributed by atoms with Crippen LogP contribution < -0.4 is 10.1 Å². The molecule has 0 unspecified atom stereocenters. The number of methoxy groups -OCH3 is 1. The lowest BCUT2D eigenvalue weighted by molar-refractivity contribution is 0.370. The minimum absolute atomic E-state index is 0.114. The highest BCUT2D eigenvalue weighted by molar-refractivity contribution is 9.10. The first-order chi connectivity index (χ1) is 9.51. The number of phenolic OH excluding ortho intramolecular Hbond substituents is 1. The van der Waals surface area contributed by atoms with Crippen molar-refractivity contribution in [1.82, 2.24) is 0 Å². The maximum Gasteiger partial charge on any atom is 0.162 e. The van der Waals surface area contributed by atoms with Crippen LogP contribution in [0.25, 0.3) is 0 Å². The average molecular weight is 377 g/mol. The molecule has 106 valence electrons. The second kappa shape index (κ2) is 6.57. The maximum absolute atomic E-state index is 10.1. The Kier molecular flexibility index (Phi) is 5.02. The van der Waals surface area contributed by atoms with E-state index in [1.165, 1.54) is 7.11 Å². The largest absolute Gasteiger partial charge is 0.504 e. The van der Waals surface area contributed by atoms with Gasteiger partial charge in [-0.25, -0.2) is 0 Å². The van der Waals surface area contributed by atoms with E-state index in [0.29, 0.717) is 27.9 Å². The van der Waals surface area contributed by atoms with E-state index in [0.717, 1.165) is 10.2 Å². The molecule has 0 spiro atoms. The molecule has 2 aromatic carbocycles. The molecule has 2 aromatic rings. The number of halogens is 3.